The monoisotopic (exact) mass is 390 g/mol. The zero-order valence-electron chi connectivity index (χ0n) is 16.3. The van der Waals surface area contributed by atoms with Crippen molar-refractivity contribution >= 4 is 17.9 Å². The predicted octanol–water partition coefficient (Wildman–Crippen LogP) is 3.65. The summed E-state index contributed by atoms with van der Waals surface area (Å²) in [6.45, 7) is 2.02. The number of ketones is 1. The van der Waals surface area contributed by atoms with E-state index in [1.807, 2.05) is 25.1 Å². The SMILES string of the molecule is COc1cccc(N(N)C=O)c1COc1ccc(C(=O)c2ccccc2)cc1C. The standard InChI is InChI=1S/C23H22N2O4/c1-16-13-18(23(27)17-7-4-3-5-8-17)11-12-21(16)29-14-19-20(25(24)15-26)9-6-10-22(19)28-2/h3-13,15H,14,24H2,1-2H3. The van der Waals surface area contributed by atoms with Crippen molar-refractivity contribution in [1.82, 2.24) is 0 Å². The molecule has 29 heavy (non-hydrogen) atoms. The lowest BCUT2D eigenvalue weighted by molar-refractivity contribution is -0.107. The Morgan fingerprint density at radius 2 is 1.76 bits per heavy atom. The smallest absolute Gasteiger partial charge is 0.228 e. The molecule has 0 aliphatic carbocycles. The topological polar surface area (TPSA) is 81.9 Å². The van der Waals surface area contributed by atoms with Gasteiger partial charge in [-0.25, -0.2) is 5.84 Å². The van der Waals surface area contributed by atoms with Crippen LogP contribution in [0.4, 0.5) is 5.69 Å². The number of aryl methyl sites for hydroxylation is 1. The largest absolute Gasteiger partial charge is 0.496 e. The van der Waals surface area contributed by atoms with E-state index in [1.165, 1.54) is 0 Å². The Labute approximate surface area is 169 Å². The lowest BCUT2D eigenvalue weighted by Gasteiger charge is -2.19. The summed E-state index contributed by atoms with van der Waals surface area (Å²) in [7, 11) is 1.54. The van der Waals surface area contributed by atoms with Gasteiger partial charge in [0.2, 0.25) is 6.41 Å². The van der Waals surface area contributed by atoms with Crippen LogP contribution in [0.25, 0.3) is 0 Å². The number of carbonyl (C=O) groups is 2. The average molecular weight is 390 g/mol. The maximum absolute atomic E-state index is 12.6. The normalized spacial score (nSPS) is 10.3. The van der Waals surface area contributed by atoms with Crippen molar-refractivity contribution in [3.8, 4) is 11.5 Å². The van der Waals surface area contributed by atoms with Crippen LogP contribution in [-0.4, -0.2) is 19.3 Å². The molecule has 148 valence electrons. The number of carbonyl (C=O) groups excluding carboxylic acids is 2. The molecule has 3 aromatic rings. The molecule has 2 N–H and O–H groups in total. The van der Waals surface area contributed by atoms with E-state index in [0.717, 1.165) is 10.6 Å². The number of ether oxygens (including phenoxy) is 2. The number of rotatable bonds is 8. The number of hydrogen-bond donors (Lipinski definition) is 1. The molecule has 0 saturated carbocycles. The van der Waals surface area contributed by atoms with E-state index in [9.17, 15) is 9.59 Å². The van der Waals surface area contributed by atoms with Crippen molar-refractivity contribution in [2.45, 2.75) is 13.5 Å². The molecule has 0 atom stereocenters. The zero-order chi connectivity index (χ0) is 20.8. The number of anilines is 1. The molecule has 0 aliphatic heterocycles. The highest BCUT2D eigenvalue weighted by Crippen LogP contribution is 2.30. The van der Waals surface area contributed by atoms with Crippen molar-refractivity contribution in [1.29, 1.82) is 0 Å². The minimum Gasteiger partial charge on any atom is -0.496 e. The van der Waals surface area contributed by atoms with E-state index in [2.05, 4.69) is 0 Å². The summed E-state index contributed by atoms with van der Waals surface area (Å²) in [6.07, 6.45) is 0.521. The van der Waals surface area contributed by atoms with Gasteiger partial charge in [-0.05, 0) is 42.8 Å². The van der Waals surface area contributed by atoms with Crippen molar-refractivity contribution in [3.05, 3.63) is 89.0 Å². The second-order valence-electron chi connectivity index (χ2n) is 6.43. The van der Waals surface area contributed by atoms with Gasteiger partial charge in [-0.2, -0.15) is 0 Å². The molecule has 0 radical (unpaired) electrons. The first-order valence-corrected chi connectivity index (χ1v) is 9.03. The maximum Gasteiger partial charge on any atom is 0.228 e. The molecule has 0 aromatic heterocycles. The number of amides is 1. The number of nitrogens with two attached hydrogens (primary N) is 1. The van der Waals surface area contributed by atoms with Crippen LogP contribution in [0.5, 0.6) is 11.5 Å². The van der Waals surface area contributed by atoms with E-state index in [4.69, 9.17) is 15.3 Å². The third-order valence-electron chi connectivity index (χ3n) is 4.57. The third kappa shape index (κ3) is 4.44. The van der Waals surface area contributed by atoms with Gasteiger partial charge < -0.3 is 9.47 Å². The Bertz CT molecular complexity index is 1020. The Balaban J connectivity index is 1.82. The van der Waals surface area contributed by atoms with Crippen LogP contribution in [0.2, 0.25) is 0 Å². The zero-order valence-corrected chi connectivity index (χ0v) is 16.3. The van der Waals surface area contributed by atoms with Gasteiger partial charge in [0.05, 0.1) is 18.4 Å². The molecule has 0 saturated heterocycles. The molecule has 0 aliphatic rings. The molecule has 0 heterocycles. The molecule has 0 unspecified atom stereocenters. The van der Waals surface area contributed by atoms with E-state index in [-0.39, 0.29) is 12.4 Å². The fourth-order valence-electron chi connectivity index (χ4n) is 3.05. The lowest BCUT2D eigenvalue weighted by Crippen LogP contribution is -2.30. The lowest BCUT2D eigenvalue weighted by atomic mass is 10.0. The van der Waals surface area contributed by atoms with Gasteiger partial charge in [-0.15, -0.1) is 0 Å². The van der Waals surface area contributed by atoms with Crippen molar-refractivity contribution < 1.29 is 19.1 Å². The first kappa shape index (κ1) is 20.1. The highest BCUT2D eigenvalue weighted by molar-refractivity contribution is 6.09. The van der Waals surface area contributed by atoms with Crippen LogP contribution >= 0.6 is 0 Å². The van der Waals surface area contributed by atoms with E-state index < -0.39 is 0 Å². The fraction of sp³-hybridized carbons (Fsp3) is 0.130. The first-order valence-electron chi connectivity index (χ1n) is 9.03. The van der Waals surface area contributed by atoms with Crippen molar-refractivity contribution in [2.24, 2.45) is 5.84 Å². The van der Waals surface area contributed by atoms with Gasteiger partial charge in [0, 0.05) is 11.1 Å². The molecular formula is C23H22N2O4. The van der Waals surface area contributed by atoms with Gasteiger partial charge in [0.15, 0.2) is 5.78 Å². The summed E-state index contributed by atoms with van der Waals surface area (Å²) in [5, 5.41) is 0.982. The maximum atomic E-state index is 12.6. The van der Waals surface area contributed by atoms with Crippen LogP contribution in [0.3, 0.4) is 0 Å². The van der Waals surface area contributed by atoms with Crippen molar-refractivity contribution in [3.63, 3.8) is 0 Å². The summed E-state index contributed by atoms with van der Waals surface area (Å²) in [4.78, 5) is 23.7. The van der Waals surface area contributed by atoms with Gasteiger partial charge in [-0.3, -0.25) is 14.6 Å². The van der Waals surface area contributed by atoms with Gasteiger partial charge in [0.25, 0.3) is 0 Å². The summed E-state index contributed by atoms with van der Waals surface area (Å²) in [6, 6.07) is 19.7. The predicted molar refractivity (Wildman–Crippen MR) is 111 cm³/mol. The minimum atomic E-state index is -0.0444. The number of benzene rings is 3. The highest BCUT2D eigenvalue weighted by atomic mass is 16.5. The number of hydrazine groups is 1. The molecule has 3 rings (SSSR count). The van der Waals surface area contributed by atoms with Gasteiger partial charge in [0.1, 0.15) is 18.1 Å². The quantitative estimate of drug-likeness (QED) is 0.209. The molecule has 0 fully saturated rings. The Morgan fingerprint density at radius 1 is 1.00 bits per heavy atom. The first-order chi connectivity index (χ1) is 14.0. The molecule has 0 spiro atoms. The molecular weight excluding hydrogens is 368 g/mol. The number of hydrogen-bond acceptors (Lipinski definition) is 5. The van der Waals surface area contributed by atoms with Crippen LogP contribution in [0.15, 0.2) is 66.7 Å². The molecule has 3 aromatic carbocycles. The minimum absolute atomic E-state index is 0.0444. The summed E-state index contributed by atoms with van der Waals surface area (Å²) in [5.41, 5.74) is 3.19. The van der Waals surface area contributed by atoms with E-state index in [0.29, 0.717) is 40.3 Å². The van der Waals surface area contributed by atoms with E-state index in [1.54, 1.807) is 55.6 Å². The Hall–Kier alpha value is -3.64. The van der Waals surface area contributed by atoms with Crippen LogP contribution in [0, 0.1) is 6.92 Å². The van der Waals surface area contributed by atoms with Gasteiger partial charge >= 0.3 is 0 Å². The van der Waals surface area contributed by atoms with Gasteiger partial charge in [-0.1, -0.05) is 36.4 Å². The molecule has 1 amide bonds. The third-order valence-corrected chi connectivity index (χ3v) is 4.57. The Kier molecular flexibility index (Phi) is 6.26. The van der Waals surface area contributed by atoms with Crippen LogP contribution < -0.4 is 20.3 Å². The molecule has 0 bridgehead atoms. The van der Waals surface area contributed by atoms with Crippen LogP contribution in [0.1, 0.15) is 27.0 Å². The number of methoxy groups -OCH3 is 1. The second-order valence-corrected chi connectivity index (χ2v) is 6.43. The molecule has 6 heteroatoms. The summed E-state index contributed by atoms with van der Waals surface area (Å²) < 4.78 is 11.3. The Morgan fingerprint density at radius 3 is 2.41 bits per heavy atom. The van der Waals surface area contributed by atoms with Crippen molar-refractivity contribution in [2.75, 3.05) is 12.1 Å². The highest BCUT2D eigenvalue weighted by Gasteiger charge is 2.15. The molecule has 6 nitrogen and oxygen atoms in total. The summed E-state index contributed by atoms with van der Waals surface area (Å²) >= 11 is 0. The second kappa shape index (κ2) is 9.03. The van der Waals surface area contributed by atoms with E-state index >= 15 is 0 Å². The number of nitrogens with zero attached hydrogens (tertiary/aromatic N) is 1. The fourth-order valence-corrected chi connectivity index (χ4v) is 3.05. The van der Waals surface area contributed by atoms with Crippen LogP contribution in [-0.2, 0) is 11.4 Å². The average Bonchev–Trinajstić information content (AvgIpc) is 2.77. The summed E-state index contributed by atoms with van der Waals surface area (Å²) in [5.74, 6) is 6.89.